The summed E-state index contributed by atoms with van der Waals surface area (Å²) < 4.78 is 0.826. The molecule has 5 nitrogen and oxygen atoms in total. The van der Waals surface area contributed by atoms with Gasteiger partial charge in [-0.1, -0.05) is 15.9 Å². The average molecular weight is 294 g/mol. The number of benzene rings is 1. The van der Waals surface area contributed by atoms with Crippen LogP contribution in [-0.2, 0) is 0 Å². The minimum atomic E-state index is -0.832. The van der Waals surface area contributed by atoms with Crippen molar-refractivity contribution in [3.63, 3.8) is 0 Å². The third kappa shape index (κ3) is 3.74. The van der Waals surface area contributed by atoms with Gasteiger partial charge in [0.2, 0.25) is 5.78 Å². The first-order chi connectivity index (χ1) is 8.04. The third-order valence-corrected chi connectivity index (χ3v) is 2.36. The Balaban J connectivity index is 2.95. The SMILES string of the molecule is N#CC(=CNC(N)=O)C(=O)c1ccc(Br)cc1. The summed E-state index contributed by atoms with van der Waals surface area (Å²) in [6, 6.07) is 7.38. The number of rotatable bonds is 3. The van der Waals surface area contributed by atoms with Crippen molar-refractivity contribution in [1.29, 1.82) is 5.26 Å². The van der Waals surface area contributed by atoms with E-state index in [1.54, 1.807) is 30.3 Å². The molecular weight excluding hydrogens is 286 g/mol. The van der Waals surface area contributed by atoms with Gasteiger partial charge in [-0.15, -0.1) is 0 Å². The van der Waals surface area contributed by atoms with Crippen LogP contribution >= 0.6 is 15.9 Å². The summed E-state index contributed by atoms with van der Waals surface area (Å²) in [5, 5.41) is 10.9. The van der Waals surface area contributed by atoms with Gasteiger partial charge in [-0.25, -0.2) is 4.79 Å². The molecule has 0 atom stereocenters. The molecule has 0 aliphatic carbocycles. The minimum absolute atomic E-state index is 0.189. The lowest BCUT2D eigenvalue weighted by molar-refractivity contribution is 0.103. The van der Waals surface area contributed by atoms with Gasteiger partial charge >= 0.3 is 6.03 Å². The van der Waals surface area contributed by atoms with Crippen LogP contribution in [0.5, 0.6) is 0 Å². The second-order valence-corrected chi connectivity index (χ2v) is 3.93. The standard InChI is InChI=1S/C11H8BrN3O2/c12-9-3-1-7(2-4-9)10(16)8(5-13)6-15-11(14)17/h1-4,6H,(H3,14,15,17). The summed E-state index contributed by atoms with van der Waals surface area (Å²) >= 11 is 3.23. The molecule has 2 amide bonds. The summed E-state index contributed by atoms with van der Waals surface area (Å²) in [6.07, 6.45) is 0.993. The van der Waals surface area contributed by atoms with Gasteiger partial charge in [0.15, 0.2) is 0 Å². The average Bonchev–Trinajstić information content (AvgIpc) is 2.30. The van der Waals surface area contributed by atoms with E-state index in [0.29, 0.717) is 5.56 Å². The highest BCUT2D eigenvalue weighted by Crippen LogP contribution is 2.13. The molecule has 0 saturated carbocycles. The lowest BCUT2D eigenvalue weighted by atomic mass is 10.1. The number of urea groups is 1. The van der Waals surface area contributed by atoms with Crippen LogP contribution in [-0.4, -0.2) is 11.8 Å². The second-order valence-electron chi connectivity index (χ2n) is 3.01. The Labute approximate surface area is 106 Å². The molecule has 0 spiro atoms. The van der Waals surface area contributed by atoms with Gasteiger partial charge in [0, 0.05) is 16.2 Å². The Bertz CT molecular complexity index is 515. The van der Waals surface area contributed by atoms with Gasteiger partial charge in [0.25, 0.3) is 0 Å². The fourth-order valence-corrected chi connectivity index (χ4v) is 1.31. The summed E-state index contributed by atoms with van der Waals surface area (Å²) in [5.41, 5.74) is 5.00. The smallest absolute Gasteiger partial charge is 0.316 e. The van der Waals surface area contributed by atoms with Crippen LogP contribution in [0.3, 0.4) is 0 Å². The molecule has 1 aromatic carbocycles. The van der Waals surface area contributed by atoms with Gasteiger partial charge in [-0.3, -0.25) is 4.79 Å². The van der Waals surface area contributed by atoms with Crippen LogP contribution in [0.4, 0.5) is 4.79 Å². The van der Waals surface area contributed by atoms with Crippen LogP contribution in [0, 0.1) is 11.3 Å². The Morgan fingerprint density at radius 2 is 1.94 bits per heavy atom. The van der Waals surface area contributed by atoms with Crippen LogP contribution in [0.15, 0.2) is 40.5 Å². The lowest BCUT2D eigenvalue weighted by Crippen LogP contribution is -2.25. The predicted molar refractivity (Wildman–Crippen MR) is 64.9 cm³/mol. The predicted octanol–water partition coefficient (Wildman–Crippen LogP) is 1.71. The number of ketones is 1. The second kappa shape index (κ2) is 5.82. The first kappa shape index (κ1) is 12.9. The summed E-state index contributed by atoms with van der Waals surface area (Å²) in [5.74, 6) is -0.478. The number of nitrogens with one attached hydrogen (secondary N) is 1. The summed E-state index contributed by atoms with van der Waals surface area (Å²) in [4.78, 5) is 22.3. The van der Waals surface area contributed by atoms with E-state index in [9.17, 15) is 9.59 Å². The van der Waals surface area contributed by atoms with Gasteiger partial charge in [-0.2, -0.15) is 5.26 Å². The van der Waals surface area contributed by atoms with Crippen LogP contribution in [0.25, 0.3) is 0 Å². The number of amides is 2. The molecule has 0 saturated heterocycles. The van der Waals surface area contributed by atoms with Gasteiger partial charge in [0.05, 0.1) is 0 Å². The number of carbonyl (C=O) groups is 2. The maximum absolute atomic E-state index is 11.8. The summed E-state index contributed by atoms with van der Waals surface area (Å²) in [7, 11) is 0. The Morgan fingerprint density at radius 1 is 1.35 bits per heavy atom. The van der Waals surface area contributed by atoms with E-state index in [2.05, 4.69) is 21.2 Å². The highest BCUT2D eigenvalue weighted by molar-refractivity contribution is 9.10. The molecule has 1 rings (SSSR count). The number of nitriles is 1. The number of allylic oxidation sites excluding steroid dienone is 1. The van der Waals surface area contributed by atoms with Crippen LogP contribution < -0.4 is 11.1 Å². The number of nitrogens with zero attached hydrogens (tertiary/aromatic N) is 1. The number of nitrogens with two attached hydrogens (primary N) is 1. The van der Waals surface area contributed by atoms with Crippen molar-refractivity contribution in [3.8, 4) is 6.07 Å². The molecule has 0 heterocycles. The van der Waals surface area contributed by atoms with E-state index >= 15 is 0 Å². The van der Waals surface area contributed by atoms with E-state index in [1.165, 1.54) is 0 Å². The molecule has 0 radical (unpaired) electrons. The van der Waals surface area contributed by atoms with Gasteiger partial charge < -0.3 is 11.1 Å². The Morgan fingerprint density at radius 3 is 2.41 bits per heavy atom. The van der Waals surface area contributed by atoms with Crippen LogP contribution in [0.2, 0.25) is 0 Å². The van der Waals surface area contributed by atoms with Gasteiger partial charge in [0.1, 0.15) is 11.6 Å². The summed E-state index contributed by atoms with van der Waals surface area (Å²) in [6.45, 7) is 0. The van der Waals surface area contributed by atoms with Crippen molar-refractivity contribution in [1.82, 2.24) is 5.32 Å². The van der Waals surface area contributed by atoms with Gasteiger partial charge in [-0.05, 0) is 24.3 Å². The van der Waals surface area contributed by atoms with Crippen molar-refractivity contribution >= 4 is 27.7 Å². The molecule has 0 aromatic heterocycles. The van der Waals surface area contributed by atoms with E-state index in [0.717, 1.165) is 10.7 Å². The molecule has 1 aromatic rings. The zero-order chi connectivity index (χ0) is 12.8. The topological polar surface area (TPSA) is 96.0 Å². The largest absolute Gasteiger partial charge is 0.351 e. The normalized spacial score (nSPS) is 10.5. The first-order valence-corrected chi connectivity index (χ1v) is 5.30. The maximum Gasteiger partial charge on any atom is 0.316 e. The number of primary amides is 1. The molecule has 17 heavy (non-hydrogen) atoms. The molecule has 0 aliphatic heterocycles. The van der Waals surface area contributed by atoms with Crippen molar-refractivity contribution in [2.75, 3.05) is 0 Å². The monoisotopic (exact) mass is 293 g/mol. The fraction of sp³-hybridized carbons (Fsp3) is 0. The molecular formula is C11H8BrN3O2. The minimum Gasteiger partial charge on any atom is -0.351 e. The van der Waals surface area contributed by atoms with Crippen molar-refractivity contribution < 1.29 is 9.59 Å². The van der Waals surface area contributed by atoms with Crippen molar-refractivity contribution in [3.05, 3.63) is 46.1 Å². The zero-order valence-electron chi connectivity index (χ0n) is 8.61. The molecule has 0 bridgehead atoms. The van der Waals surface area contributed by atoms with E-state index in [-0.39, 0.29) is 5.57 Å². The Hall–Kier alpha value is -2.13. The number of hydrogen-bond donors (Lipinski definition) is 2. The van der Waals surface area contributed by atoms with Crippen LogP contribution in [0.1, 0.15) is 10.4 Å². The number of Topliss-reactive ketones (excluding diaryl/α,β-unsaturated/α-hetero) is 1. The van der Waals surface area contributed by atoms with E-state index in [1.807, 2.05) is 0 Å². The van der Waals surface area contributed by atoms with E-state index in [4.69, 9.17) is 11.0 Å². The maximum atomic E-state index is 11.8. The highest BCUT2D eigenvalue weighted by Gasteiger charge is 2.11. The Kier molecular flexibility index (Phi) is 4.43. The molecule has 0 fully saturated rings. The molecule has 6 heteroatoms. The third-order valence-electron chi connectivity index (χ3n) is 1.83. The van der Waals surface area contributed by atoms with E-state index < -0.39 is 11.8 Å². The molecule has 3 N–H and O–H groups in total. The molecule has 0 unspecified atom stereocenters. The zero-order valence-corrected chi connectivity index (χ0v) is 10.2. The van der Waals surface area contributed by atoms with Crippen molar-refractivity contribution in [2.24, 2.45) is 5.73 Å². The number of halogens is 1. The lowest BCUT2D eigenvalue weighted by Gasteiger charge is -2.00. The fourth-order valence-electron chi connectivity index (χ4n) is 1.05. The molecule has 0 aliphatic rings. The number of hydrogen-bond acceptors (Lipinski definition) is 3. The molecule has 86 valence electrons. The number of carbonyl (C=O) groups excluding carboxylic acids is 2. The quantitative estimate of drug-likeness (QED) is 0.504. The first-order valence-electron chi connectivity index (χ1n) is 4.51. The van der Waals surface area contributed by atoms with Crippen molar-refractivity contribution in [2.45, 2.75) is 0 Å². The highest BCUT2D eigenvalue weighted by atomic mass is 79.9.